The summed E-state index contributed by atoms with van der Waals surface area (Å²) in [5.74, 6) is 0.467. The van der Waals surface area contributed by atoms with Gasteiger partial charge in [0.05, 0.1) is 5.69 Å². The molecule has 0 atom stereocenters. The van der Waals surface area contributed by atoms with Gasteiger partial charge in [0.1, 0.15) is 5.82 Å². The Bertz CT molecular complexity index is 572. The minimum absolute atomic E-state index is 0.224. The summed E-state index contributed by atoms with van der Waals surface area (Å²) in [5, 5.41) is 3.11. The van der Waals surface area contributed by atoms with Crippen molar-refractivity contribution in [2.24, 2.45) is 0 Å². The summed E-state index contributed by atoms with van der Waals surface area (Å²) in [6.07, 6.45) is 3.72. The van der Waals surface area contributed by atoms with E-state index in [4.69, 9.17) is 0 Å². The maximum Gasteiger partial charge on any atom is 0.207 e. The Kier molecular flexibility index (Phi) is 3.46. The monoisotopic (exact) mass is 245 g/mol. The molecule has 0 amide bonds. The van der Waals surface area contributed by atoms with Gasteiger partial charge in [0.25, 0.3) is 0 Å². The number of hydrogen-bond acceptors (Lipinski definition) is 2. The molecule has 0 spiro atoms. The number of aromatic nitrogens is 2. The Morgan fingerprint density at radius 1 is 1.44 bits per heavy atom. The lowest BCUT2D eigenvalue weighted by Crippen LogP contribution is -2.02. The number of anilines is 2. The number of halogens is 1. The van der Waals surface area contributed by atoms with Crippen LogP contribution in [0.25, 0.3) is 0 Å². The van der Waals surface area contributed by atoms with Crippen molar-refractivity contribution in [3.63, 3.8) is 0 Å². The number of aryl methyl sites for hydroxylation is 2. The zero-order valence-corrected chi connectivity index (χ0v) is 10.6. The fraction of sp³-hybridized carbons (Fsp3) is 0.214. The van der Waals surface area contributed by atoms with E-state index in [1.165, 1.54) is 6.07 Å². The van der Waals surface area contributed by atoms with E-state index in [1.807, 2.05) is 23.8 Å². The first-order valence-electron chi connectivity index (χ1n) is 5.78. The molecule has 0 saturated carbocycles. The number of rotatable bonds is 4. The lowest BCUT2D eigenvalue weighted by Gasteiger charge is -2.08. The average molecular weight is 245 g/mol. The highest BCUT2D eigenvalue weighted by Gasteiger charge is 2.06. The van der Waals surface area contributed by atoms with Gasteiger partial charge in [0.15, 0.2) is 0 Å². The SMILES string of the molecule is C=CCn1cc(C)nc1Nc1ccc(C)c(F)c1. The van der Waals surface area contributed by atoms with Crippen LogP contribution in [0.1, 0.15) is 11.3 Å². The lowest BCUT2D eigenvalue weighted by atomic mass is 10.2. The minimum atomic E-state index is -0.224. The molecule has 1 N–H and O–H groups in total. The van der Waals surface area contributed by atoms with Crippen molar-refractivity contribution in [2.45, 2.75) is 20.4 Å². The average Bonchev–Trinajstić information content (AvgIpc) is 2.65. The molecule has 0 fully saturated rings. The largest absolute Gasteiger partial charge is 0.325 e. The van der Waals surface area contributed by atoms with Crippen LogP contribution in [0.5, 0.6) is 0 Å². The Labute approximate surface area is 106 Å². The second kappa shape index (κ2) is 5.04. The molecule has 0 radical (unpaired) electrons. The molecule has 0 aliphatic rings. The molecule has 1 aromatic carbocycles. The van der Waals surface area contributed by atoms with Crippen LogP contribution in [0, 0.1) is 19.7 Å². The molecule has 94 valence electrons. The van der Waals surface area contributed by atoms with Gasteiger partial charge in [-0.05, 0) is 31.5 Å². The predicted molar refractivity (Wildman–Crippen MR) is 71.6 cm³/mol. The van der Waals surface area contributed by atoms with Gasteiger partial charge in [0.2, 0.25) is 5.95 Å². The van der Waals surface area contributed by atoms with Crippen molar-refractivity contribution in [1.82, 2.24) is 9.55 Å². The normalized spacial score (nSPS) is 10.4. The highest BCUT2D eigenvalue weighted by atomic mass is 19.1. The number of allylic oxidation sites excluding steroid dienone is 1. The molecule has 1 aromatic heterocycles. The third kappa shape index (κ3) is 2.59. The van der Waals surface area contributed by atoms with Gasteiger partial charge in [-0.2, -0.15) is 0 Å². The lowest BCUT2D eigenvalue weighted by molar-refractivity contribution is 0.619. The van der Waals surface area contributed by atoms with Crippen LogP contribution in [0.4, 0.5) is 16.0 Å². The van der Waals surface area contributed by atoms with Gasteiger partial charge in [-0.25, -0.2) is 9.37 Å². The Morgan fingerprint density at radius 2 is 2.22 bits per heavy atom. The Morgan fingerprint density at radius 3 is 2.89 bits per heavy atom. The molecule has 2 rings (SSSR count). The van der Waals surface area contributed by atoms with E-state index in [9.17, 15) is 4.39 Å². The Balaban J connectivity index is 2.27. The molecule has 2 aromatic rings. The molecule has 0 aliphatic heterocycles. The second-order valence-electron chi connectivity index (χ2n) is 4.24. The second-order valence-corrected chi connectivity index (χ2v) is 4.24. The van der Waals surface area contributed by atoms with E-state index < -0.39 is 0 Å². The van der Waals surface area contributed by atoms with Crippen LogP contribution in [0.15, 0.2) is 37.1 Å². The highest BCUT2D eigenvalue weighted by Crippen LogP contribution is 2.19. The van der Waals surface area contributed by atoms with Crippen molar-refractivity contribution in [3.05, 3.63) is 54.1 Å². The van der Waals surface area contributed by atoms with Crippen LogP contribution in [-0.2, 0) is 6.54 Å². The van der Waals surface area contributed by atoms with E-state index in [0.717, 1.165) is 5.69 Å². The molecule has 0 saturated heterocycles. The van der Waals surface area contributed by atoms with Gasteiger partial charge in [-0.1, -0.05) is 12.1 Å². The smallest absolute Gasteiger partial charge is 0.207 e. The fourth-order valence-corrected chi connectivity index (χ4v) is 1.72. The van der Waals surface area contributed by atoms with Crippen molar-refractivity contribution in [3.8, 4) is 0 Å². The Hall–Kier alpha value is -2.10. The van der Waals surface area contributed by atoms with Crippen molar-refractivity contribution in [1.29, 1.82) is 0 Å². The molecule has 3 nitrogen and oxygen atoms in total. The van der Waals surface area contributed by atoms with Crippen LogP contribution >= 0.6 is 0 Å². The molecular weight excluding hydrogens is 229 g/mol. The third-order valence-corrected chi connectivity index (χ3v) is 2.65. The van der Waals surface area contributed by atoms with Gasteiger partial charge in [-0.15, -0.1) is 6.58 Å². The van der Waals surface area contributed by atoms with E-state index >= 15 is 0 Å². The molecule has 18 heavy (non-hydrogen) atoms. The highest BCUT2D eigenvalue weighted by molar-refractivity contribution is 5.54. The maximum absolute atomic E-state index is 13.5. The number of imidazole rings is 1. The predicted octanol–water partition coefficient (Wildman–Crippen LogP) is 3.57. The summed E-state index contributed by atoms with van der Waals surface area (Å²) >= 11 is 0. The number of nitrogens with zero attached hydrogens (tertiary/aromatic N) is 2. The first-order valence-corrected chi connectivity index (χ1v) is 5.78. The van der Waals surface area contributed by atoms with Crippen LogP contribution in [0.3, 0.4) is 0 Å². The van der Waals surface area contributed by atoms with E-state index in [1.54, 1.807) is 19.1 Å². The first kappa shape index (κ1) is 12.4. The van der Waals surface area contributed by atoms with Crippen molar-refractivity contribution >= 4 is 11.6 Å². The molecule has 1 heterocycles. The summed E-state index contributed by atoms with van der Waals surface area (Å²) in [6.45, 7) is 8.02. The van der Waals surface area contributed by atoms with Crippen LogP contribution in [0.2, 0.25) is 0 Å². The summed E-state index contributed by atoms with van der Waals surface area (Å²) in [7, 11) is 0. The van der Waals surface area contributed by atoms with Crippen LogP contribution < -0.4 is 5.32 Å². The maximum atomic E-state index is 13.5. The van der Waals surface area contributed by atoms with E-state index in [-0.39, 0.29) is 5.82 Å². The minimum Gasteiger partial charge on any atom is -0.325 e. The first-order chi connectivity index (χ1) is 8.60. The number of nitrogens with one attached hydrogen (secondary N) is 1. The summed E-state index contributed by atoms with van der Waals surface area (Å²) in [4.78, 5) is 4.36. The van der Waals surface area contributed by atoms with E-state index in [2.05, 4.69) is 16.9 Å². The molecule has 4 heteroatoms. The zero-order chi connectivity index (χ0) is 13.1. The zero-order valence-electron chi connectivity index (χ0n) is 10.6. The number of benzene rings is 1. The van der Waals surface area contributed by atoms with E-state index in [0.29, 0.717) is 23.7 Å². The molecular formula is C14H16FN3. The summed E-state index contributed by atoms with van der Waals surface area (Å²) in [5.41, 5.74) is 2.23. The van der Waals surface area contributed by atoms with Crippen molar-refractivity contribution < 1.29 is 4.39 Å². The molecule has 0 bridgehead atoms. The summed E-state index contributed by atoms with van der Waals surface area (Å²) in [6, 6.07) is 5.05. The van der Waals surface area contributed by atoms with Gasteiger partial charge in [-0.3, -0.25) is 0 Å². The molecule has 0 aliphatic carbocycles. The fourth-order valence-electron chi connectivity index (χ4n) is 1.72. The number of hydrogen-bond donors (Lipinski definition) is 1. The van der Waals surface area contributed by atoms with Crippen LogP contribution in [-0.4, -0.2) is 9.55 Å². The van der Waals surface area contributed by atoms with Crippen molar-refractivity contribution in [2.75, 3.05) is 5.32 Å². The van der Waals surface area contributed by atoms with Gasteiger partial charge in [0, 0.05) is 18.4 Å². The summed E-state index contributed by atoms with van der Waals surface area (Å²) < 4.78 is 15.4. The third-order valence-electron chi connectivity index (χ3n) is 2.65. The van der Waals surface area contributed by atoms with Gasteiger partial charge >= 0.3 is 0 Å². The van der Waals surface area contributed by atoms with Gasteiger partial charge < -0.3 is 9.88 Å². The standard InChI is InChI=1S/C14H16FN3/c1-4-7-18-9-11(3)16-14(18)17-12-6-5-10(2)13(15)8-12/h4-6,8-9H,1,7H2,2-3H3,(H,16,17). The quantitative estimate of drug-likeness (QED) is 0.834. The topological polar surface area (TPSA) is 29.9 Å². The molecule has 0 unspecified atom stereocenters.